The van der Waals surface area contributed by atoms with E-state index in [-0.39, 0.29) is 17.8 Å². The molecular weight excluding hydrogens is 232 g/mol. The number of ether oxygens (including phenoxy) is 2. The summed E-state index contributed by atoms with van der Waals surface area (Å²) in [5.41, 5.74) is 0. The Kier molecular flexibility index (Phi) is 8.42. The normalized spacial score (nSPS) is 14.1. The molecule has 0 fully saturated rings. The third-order valence-electron chi connectivity index (χ3n) is 2.76. The van der Waals surface area contributed by atoms with Gasteiger partial charge in [-0.15, -0.1) is 0 Å². The van der Waals surface area contributed by atoms with Crippen LogP contribution in [0, 0.1) is 11.8 Å². The molecule has 0 N–H and O–H groups in total. The number of esters is 2. The van der Waals surface area contributed by atoms with Gasteiger partial charge in [-0.1, -0.05) is 40.5 Å². The fourth-order valence-corrected chi connectivity index (χ4v) is 1.55. The minimum atomic E-state index is -0.790. The van der Waals surface area contributed by atoms with Crippen LogP contribution in [-0.4, -0.2) is 24.6 Å². The van der Waals surface area contributed by atoms with E-state index < -0.39 is 12.1 Å². The van der Waals surface area contributed by atoms with Crippen molar-refractivity contribution >= 4 is 11.9 Å². The summed E-state index contributed by atoms with van der Waals surface area (Å²) < 4.78 is 10.2. The molecule has 0 aliphatic rings. The monoisotopic (exact) mass is 258 g/mol. The predicted molar refractivity (Wildman–Crippen MR) is 70.0 cm³/mol. The van der Waals surface area contributed by atoms with Crippen LogP contribution in [0.5, 0.6) is 0 Å². The molecular formula is C14H26O4. The highest BCUT2D eigenvalue weighted by Gasteiger charge is 2.29. The van der Waals surface area contributed by atoms with Gasteiger partial charge in [0.25, 0.3) is 0 Å². The maximum absolute atomic E-state index is 11.8. The summed E-state index contributed by atoms with van der Waals surface area (Å²) in [4.78, 5) is 23.5. The summed E-state index contributed by atoms with van der Waals surface area (Å²) in [6.45, 7) is 9.62. The first-order valence-electron chi connectivity index (χ1n) is 6.81. The number of hydrogen-bond acceptors (Lipinski definition) is 4. The third kappa shape index (κ3) is 6.03. The molecule has 4 nitrogen and oxygen atoms in total. The molecule has 0 aromatic rings. The Labute approximate surface area is 110 Å². The Morgan fingerprint density at radius 2 is 1.67 bits per heavy atom. The number of carbonyl (C=O) groups is 2. The van der Waals surface area contributed by atoms with Gasteiger partial charge in [0.1, 0.15) is 0 Å². The van der Waals surface area contributed by atoms with Gasteiger partial charge >= 0.3 is 11.9 Å². The molecule has 0 saturated carbocycles. The van der Waals surface area contributed by atoms with Gasteiger partial charge in [-0.25, -0.2) is 4.79 Å². The highest BCUT2D eigenvalue weighted by Crippen LogP contribution is 2.15. The molecule has 0 bridgehead atoms. The van der Waals surface area contributed by atoms with Gasteiger partial charge in [-0.3, -0.25) is 4.79 Å². The van der Waals surface area contributed by atoms with E-state index >= 15 is 0 Å². The zero-order valence-electron chi connectivity index (χ0n) is 12.2. The van der Waals surface area contributed by atoms with E-state index in [0.717, 1.165) is 19.3 Å². The lowest BCUT2D eigenvalue weighted by Crippen LogP contribution is -2.35. The molecule has 0 saturated heterocycles. The molecule has 2 unspecified atom stereocenters. The summed E-state index contributed by atoms with van der Waals surface area (Å²) in [6.07, 6.45) is 2.04. The number of unbranched alkanes of at least 4 members (excludes halogenated alkanes) is 1. The Balaban J connectivity index is 4.40. The highest BCUT2D eigenvalue weighted by molar-refractivity contribution is 5.80. The first-order chi connectivity index (χ1) is 8.43. The minimum Gasteiger partial charge on any atom is -0.463 e. The smallest absolute Gasteiger partial charge is 0.347 e. The van der Waals surface area contributed by atoms with Crippen molar-refractivity contribution in [2.75, 3.05) is 6.61 Å². The quantitative estimate of drug-likeness (QED) is 0.628. The second-order valence-electron chi connectivity index (χ2n) is 4.90. The summed E-state index contributed by atoms with van der Waals surface area (Å²) in [5, 5.41) is 0. The third-order valence-corrected chi connectivity index (χ3v) is 2.76. The van der Waals surface area contributed by atoms with E-state index in [1.165, 1.54) is 0 Å². The second kappa shape index (κ2) is 8.95. The molecule has 0 aliphatic heterocycles. The van der Waals surface area contributed by atoms with Crippen molar-refractivity contribution in [1.29, 1.82) is 0 Å². The van der Waals surface area contributed by atoms with Crippen molar-refractivity contribution in [3.63, 3.8) is 0 Å². The average Bonchev–Trinajstić information content (AvgIpc) is 2.32. The fraction of sp³-hybridized carbons (Fsp3) is 0.857. The first-order valence-corrected chi connectivity index (χ1v) is 6.81. The largest absolute Gasteiger partial charge is 0.463 e. The van der Waals surface area contributed by atoms with Gasteiger partial charge in [0, 0.05) is 5.92 Å². The van der Waals surface area contributed by atoms with Gasteiger partial charge in [0.2, 0.25) is 6.10 Å². The van der Waals surface area contributed by atoms with Crippen LogP contribution in [0.2, 0.25) is 0 Å². The lowest BCUT2D eigenvalue weighted by atomic mass is 10.0. The van der Waals surface area contributed by atoms with Crippen LogP contribution in [0.1, 0.15) is 53.9 Å². The molecule has 0 spiro atoms. The molecule has 4 heteroatoms. The maximum Gasteiger partial charge on any atom is 0.347 e. The Morgan fingerprint density at radius 3 is 2.11 bits per heavy atom. The van der Waals surface area contributed by atoms with Gasteiger partial charge in [0.15, 0.2) is 0 Å². The van der Waals surface area contributed by atoms with Crippen molar-refractivity contribution < 1.29 is 19.1 Å². The molecule has 18 heavy (non-hydrogen) atoms. The van der Waals surface area contributed by atoms with Crippen molar-refractivity contribution in [2.24, 2.45) is 11.8 Å². The highest BCUT2D eigenvalue weighted by atomic mass is 16.6. The van der Waals surface area contributed by atoms with Crippen LogP contribution < -0.4 is 0 Å². The molecule has 0 aliphatic carbocycles. The Morgan fingerprint density at radius 1 is 1.06 bits per heavy atom. The summed E-state index contributed by atoms with van der Waals surface area (Å²) >= 11 is 0. The standard InChI is InChI=1S/C14H26O4/c1-6-8-9-11(5)13(15)18-12(10(3)4)14(16)17-7-2/h10-12H,6-9H2,1-5H3. The van der Waals surface area contributed by atoms with Crippen LogP contribution in [0.15, 0.2) is 0 Å². The van der Waals surface area contributed by atoms with Crippen LogP contribution in [0.3, 0.4) is 0 Å². The number of hydrogen-bond donors (Lipinski definition) is 0. The minimum absolute atomic E-state index is 0.0774. The summed E-state index contributed by atoms with van der Waals surface area (Å²) in [6, 6.07) is 0. The van der Waals surface area contributed by atoms with Crippen molar-refractivity contribution in [1.82, 2.24) is 0 Å². The van der Waals surface area contributed by atoms with Crippen LogP contribution >= 0.6 is 0 Å². The molecule has 0 aromatic heterocycles. The average molecular weight is 258 g/mol. The Bertz CT molecular complexity index is 261. The van der Waals surface area contributed by atoms with Gasteiger partial charge in [0.05, 0.1) is 12.5 Å². The molecule has 2 atom stereocenters. The maximum atomic E-state index is 11.8. The van der Waals surface area contributed by atoms with Crippen molar-refractivity contribution in [3.8, 4) is 0 Å². The van der Waals surface area contributed by atoms with E-state index in [4.69, 9.17) is 9.47 Å². The van der Waals surface area contributed by atoms with E-state index in [1.807, 2.05) is 20.8 Å². The van der Waals surface area contributed by atoms with Crippen LogP contribution in [-0.2, 0) is 19.1 Å². The Hall–Kier alpha value is -1.06. The molecule has 0 aromatic carbocycles. The zero-order valence-corrected chi connectivity index (χ0v) is 12.2. The van der Waals surface area contributed by atoms with Gasteiger partial charge < -0.3 is 9.47 Å². The molecule has 0 amide bonds. The predicted octanol–water partition coefficient (Wildman–Crippen LogP) is 2.94. The van der Waals surface area contributed by atoms with E-state index in [9.17, 15) is 9.59 Å². The van der Waals surface area contributed by atoms with Crippen LogP contribution in [0.4, 0.5) is 0 Å². The lowest BCUT2D eigenvalue weighted by molar-refractivity contribution is -0.173. The summed E-state index contributed by atoms with van der Waals surface area (Å²) in [5.74, 6) is -1.01. The van der Waals surface area contributed by atoms with Crippen LogP contribution in [0.25, 0.3) is 0 Å². The second-order valence-corrected chi connectivity index (χ2v) is 4.90. The van der Waals surface area contributed by atoms with E-state index in [0.29, 0.717) is 6.61 Å². The molecule has 0 radical (unpaired) electrons. The topological polar surface area (TPSA) is 52.6 Å². The molecule has 0 rings (SSSR count). The van der Waals surface area contributed by atoms with Crippen molar-refractivity contribution in [3.05, 3.63) is 0 Å². The van der Waals surface area contributed by atoms with Gasteiger partial charge in [-0.05, 0) is 13.3 Å². The molecule has 0 heterocycles. The summed E-state index contributed by atoms with van der Waals surface area (Å²) in [7, 11) is 0. The first kappa shape index (κ1) is 16.9. The van der Waals surface area contributed by atoms with E-state index in [2.05, 4.69) is 6.92 Å². The van der Waals surface area contributed by atoms with Gasteiger partial charge in [-0.2, -0.15) is 0 Å². The van der Waals surface area contributed by atoms with E-state index in [1.54, 1.807) is 6.92 Å². The number of rotatable bonds is 8. The lowest BCUT2D eigenvalue weighted by Gasteiger charge is -2.21. The molecule has 106 valence electrons. The fourth-order valence-electron chi connectivity index (χ4n) is 1.55. The van der Waals surface area contributed by atoms with Crippen molar-refractivity contribution in [2.45, 2.75) is 60.0 Å². The SMILES string of the molecule is CCCCC(C)C(=O)OC(C(=O)OCC)C(C)C. The zero-order chi connectivity index (χ0) is 14.1. The number of carbonyl (C=O) groups excluding carboxylic acids is 2.